The Bertz CT molecular complexity index is 530. The molecular formula is C18H27NO2. The fraction of sp³-hybridized carbons (Fsp3) is 0.667. The van der Waals surface area contributed by atoms with E-state index in [9.17, 15) is 5.11 Å². The van der Waals surface area contributed by atoms with Crippen LogP contribution in [-0.2, 0) is 16.6 Å². The second-order valence-electron chi connectivity index (χ2n) is 7.11. The second-order valence-corrected chi connectivity index (χ2v) is 7.11. The topological polar surface area (TPSA) is 32.7 Å². The summed E-state index contributed by atoms with van der Waals surface area (Å²) < 4.78 is 5.46. The standard InChI is InChI=1S/C18H27NO2/c1-12(21-4)11-19-8-7-18(3)13(2)17(19)9-14-5-6-15(20)10-16(14)18/h5-6,10,12-13,17,20H,7-9,11H2,1-4H3/t12-,13-,17-,18-/m0/s1. The van der Waals surface area contributed by atoms with Crippen LogP contribution in [0.4, 0.5) is 0 Å². The van der Waals surface area contributed by atoms with Gasteiger partial charge in [-0.05, 0) is 60.9 Å². The fourth-order valence-electron chi connectivity index (χ4n) is 4.33. The maximum absolute atomic E-state index is 9.86. The average Bonchev–Trinajstić information content (AvgIpc) is 2.46. The molecule has 21 heavy (non-hydrogen) atoms. The van der Waals surface area contributed by atoms with Crippen molar-refractivity contribution in [2.24, 2.45) is 5.92 Å². The Morgan fingerprint density at radius 2 is 2.24 bits per heavy atom. The van der Waals surface area contributed by atoms with E-state index in [1.165, 1.54) is 11.1 Å². The highest BCUT2D eigenvalue weighted by atomic mass is 16.5. The zero-order valence-electron chi connectivity index (χ0n) is 13.6. The number of rotatable bonds is 3. The fourth-order valence-corrected chi connectivity index (χ4v) is 4.33. The first kappa shape index (κ1) is 14.9. The SMILES string of the molecule is CO[C@@H](C)CN1CC[C@]2(C)c3cc(O)ccc3C[C@H]1[C@@H]2C. The molecule has 1 saturated heterocycles. The Morgan fingerprint density at radius 3 is 2.95 bits per heavy atom. The van der Waals surface area contributed by atoms with Gasteiger partial charge in [-0.3, -0.25) is 4.90 Å². The highest BCUT2D eigenvalue weighted by molar-refractivity contribution is 5.44. The highest BCUT2D eigenvalue weighted by Crippen LogP contribution is 2.49. The van der Waals surface area contributed by atoms with Crippen molar-refractivity contribution >= 4 is 0 Å². The second kappa shape index (κ2) is 5.29. The molecular weight excluding hydrogens is 262 g/mol. The van der Waals surface area contributed by atoms with Gasteiger partial charge < -0.3 is 9.84 Å². The molecule has 3 nitrogen and oxygen atoms in total. The number of hydrogen-bond acceptors (Lipinski definition) is 3. The summed E-state index contributed by atoms with van der Waals surface area (Å²) in [6.45, 7) is 9.02. The normalized spacial score (nSPS) is 33.5. The van der Waals surface area contributed by atoms with Gasteiger partial charge in [-0.15, -0.1) is 0 Å². The quantitative estimate of drug-likeness (QED) is 0.928. The molecule has 1 aliphatic carbocycles. The largest absolute Gasteiger partial charge is 0.508 e. The zero-order valence-corrected chi connectivity index (χ0v) is 13.6. The van der Waals surface area contributed by atoms with Gasteiger partial charge in [0.1, 0.15) is 5.75 Å². The van der Waals surface area contributed by atoms with Crippen molar-refractivity contribution in [2.75, 3.05) is 20.2 Å². The maximum atomic E-state index is 9.86. The van der Waals surface area contributed by atoms with Crippen LogP contribution in [0.5, 0.6) is 5.75 Å². The van der Waals surface area contributed by atoms with Crippen LogP contribution >= 0.6 is 0 Å². The van der Waals surface area contributed by atoms with E-state index in [1.54, 1.807) is 7.11 Å². The number of phenolic OH excluding ortho intramolecular Hbond substituents is 1. The van der Waals surface area contributed by atoms with E-state index in [4.69, 9.17) is 4.74 Å². The highest BCUT2D eigenvalue weighted by Gasteiger charge is 2.48. The Kier molecular flexibility index (Phi) is 3.74. The van der Waals surface area contributed by atoms with E-state index in [-0.39, 0.29) is 11.5 Å². The lowest BCUT2D eigenvalue weighted by Crippen LogP contribution is -2.59. The third kappa shape index (κ3) is 2.36. The molecule has 0 unspecified atom stereocenters. The number of hydrogen-bond donors (Lipinski definition) is 1. The molecule has 1 N–H and O–H groups in total. The number of nitrogens with zero attached hydrogens (tertiary/aromatic N) is 1. The van der Waals surface area contributed by atoms with E-state index in [1.807, 2.05) is 12.1 Å². The number of likely N-dealkylation sites (tertiary alicyclic amines) is 1. The smallest absolute Gasteiger partial charge is 0.115 e. The molecule has 0 spiro atoms. The van der Waals surface area contributed by atoms with E-state index >= 15 is 0 Å². The Balaban J connectivity index is 1.94. The third-order valence-electron chi connectivity index (χ3n) is 6.00. The van der Waals surface area contributed by atoms with Crippen molar-refractivity contribution < 1.29 is 9.84 Å². The molecule has 1 aromatic carbocycles. The van der Waals surface area contributed by atoms with Crippen molar-refractivity contribution in [2.45, 2.75) is 51.2 Å². The summed E-state index contributed by atoms with van der Waals surface area (Å²) in [4.78, 5) is 2.61. The van der Waals surface area contributed by atoms with Crippen molar-refractivity contribution in [1.29, 1.82) is 0 Å². The number of ether oxygens (including phenoxy) is 1. The summed E-state index contributed by atoms with van der Waals surface area (Å²) in [5.74, 6) is 1.00. The number of fused-ring (bicyclic) bond motifs is 4. The minimum atomic E-state index is 0.184. The minimum Gasteiger partial charge on any atom is -0.508 e. The molecule has 3 heteroatoms. The molecule has 0 aromatic heterocycles. The number of phenols is 1. The van der Waals surface area contributed by atoms with Crippen molar-refractivity contribution in [1.82, 2.24) is 4.90 Å². The summed E-state index contributed by atoms with van der Waals surface area (Å²) in [7, 11) is 1.79. The van der Waals surface area contributed by atoms with Gasteiger partial charge in [0.05, 0.1) is 6.10 Å². The monoisotopic (exact) mass is 289 g/mol. The van der Waals surface area contributed by atoms with Crippen LogP contribution in [0.25, 0.3) is 0 Å². The van der Waals surface area contributed by atoms with E-state index in [0.717, 1.165) is 25.9 Å². The van der Waals surface area contributed by atoms with Gasteiger partial charge in [-0.25, -0.2) is 0 Å². The Morgan fingerprint density at radius 1 is 1.48 bits per heavy atom. The van der Waals surface area contributed by atoms with Gasteiger partial charge in [0, 0.05) is 19.7 Å². The third-order valence-corrected chi connectivity index (χ3v) is 6.00. The molecule has 0 saturated carbocycles. The molecule has 3 rings (SSSR count). The number of benzene rings is 1. The number of aromatic hydroxyl groups is 1. The van der Waals surface area contributed by atoms with E-state index in [2.05, 4.69) is 31.7 Å². The van der Waals surface area contributed by atoms with E-state index < -0.39 is 0 Å². The average molecular weight is 289 g/mol. The molecule has 2 bridgehead atoms. The summed E-state index contributed by atoms with van der Waals surface area (Å²) in [5, 5.41) is 9.86. The van der Waals surface area contributed by atoms with Gasteiger partial charge in [0.15, 0.2) is 0 Å². The van der Waals surface area contributed by atoms with Crippen LogP contribution < -0.4 is 0 Å². The molecule has 4 atom stereocenters. The van der Waals surface area contributed by atoms with Gasteiger partial charge in [-0.1, -0.05) is 19.9 Å². The van der Waals surface area contributed by atoms with Gasteiger partial charge in [0.2, 0.25) is 0 Å². The molecule has 116 valence electrons. The maximum Gasteiger partial charge on any atom is 0.115 e. The lowest BCUT2D eigenvalue weighted by atomic mass is 9.59. The first-order valence-electron chi connectivity index (χ1n) is 8.05. The summed E-state index contributed by atoms with van der Waals surface area (Å²) >= 11 is 0. The van der Waals surface area contributed by atoms with E-state index in [0.29, 0.717) is 17.7 Å². The molecule has 1 fully saturated rings. The predicted octanol–water partition coefficient (Wildman–Crippen LogP) is 2.95. The van der Waals surface area contributed by atoms with Gasteiger partial charge in [-0.2, -0.15) is 0 Å². The first-order valence-corrected chi connectivity index (χ1v) is 8.05. The number of piperidine rings is 1. The minimum absolute atomic E-state index is 0.184. The Labute approximate surface area is 127 Å². The predicted molar refractivity (Wildman–Crippen MR) is 84.8 cm³/mol. The van der Waals surface area contributed by atoms with Crippen molar-refractivity contribution in [3.05, 3.63) is 29.3 Å². The van der Waals surface area contributed by atoms with Crippen LogP contribution in [0, 0.1) is 5.92 Å². The van der Waals surface area contributed by atoms with Crippen LogP contribution in [0.15, 0.2) is 18.2 Å². The Hall–Kier alpha value is -1.06. The van der Waals surface area contributed by atoms with Crippen LogP contribution in [0.1, 0.15) is 38.3 Å². The van der Waals surface area contributed by atoms with Gasteiger partial charge >= 0.3 is 0 Å². The summed E-state index contributed by atoms with van der Waals surface area (Å²) in [6.07, 6.45) is 2.52. The molecule has 0 amide bonds. The van der Waals surface area contributed by atoms with Crippen molar-refractivity contribution in [3.63, 3.8) is 0 Å². The van der Waals surface area contributed by atoms with Gasteiger partial charge in [0.25, 0.3) is 0 Å². The van der Waals surface area contributed by atoms with Crippen LogP contribution in [0.3, 0.4) is 0 Å². The zero-order chi connectivity index (χ0) is 15.2. The number of methoxy groups -OCH3 is 1. The van der Waals surface area contributed by atoms with Crippen LogP contribution in [0.2, 0.25) is 0 Å². The van der Waals surface area contributed by atoms with Crippen LogP contribution in [-0.4, -0.2) is 42.4 Å². The lowest BCUT2D eigenvalue weighted by molar-refractivity contribution is -0.00624. The molecule has 1 heterocycles. The first-order chi connectivity index (χ1) is 9.95. The molecule has 2 aliphatic rings. The molecule has 0 radical (unpaired) electrons. The summed E-state index contributed by atoms with van der Waals surface area (Å²) in [6, 6.07) is 6.52. The molecule has 1 aromatic rings. The lowest BCUT2D eigenvalue weighted by Gasteiger charge is -2.55. The summed E-state index contributed by atoms with van der Waals surface area (Å²) in [5.41, 5.74) is 2.96. The molecule has 1 aliphatic heterocycles. The van der Waals surface area contributed by atoms with Crippen molar-refractivity contribution in [3.8, 4) is 5.75 Å².